The molecule has 1 aliphatic heterocycles. The summed E-state index contributed by atoms with van der Waals surface area (Å²) >= 11 is -1.71. The SMILES string of the molecule is COc1cc(C(=O)NCC(O)(c2cc3c(c(-c4ccc(F)cc4)n2)OCC3(C)N[S+]([O-])C(C)(C)C)C(F)(F)F)ccc1OCS(N)(=O)=O. The summed E-state index contributed by atoms with van der Waals surface area (Å²) in [6, 6.07) is 9.06. The highest BCUT2D eigenvalue weighted by atomic mass is 32.2. The number of benzene rings is 2. The van der Waals surface area contributed by atoms with E-state index in [-0.39, 0.29) is 46.2 Å². The standard InChI is InChI=1S/C30H34F4N4O8S2/c1-27(2,3)47(41)38-28(4)15-45-25-20(28)13-23(37-24(25)17-6-9-19(31)10-7-17)29(40,30(32,33)34)14-36-26(39)18-8-11-21(22(12-18)44-5)46-16-48(35,42)43/h6-13,38,40H,14-16H2,1-5H3,(H,36,39)(H2,35,42,43). The largest absolute Gasteiger partial charge is 0.598 e. The molecule has 0 saturated heterocycles. The van der Waals surface area contributed by atoms with Gasteiger partial charge in [-0.1, -0.05) is 0 Å². The predicted molar refractivity (Wildman–Crippen MR) is 167 cm³/mol. The molecule has 1 aliphatic rings. The number of nitrogens with one attached hydrogen (secondary N) is 2. The number of aliphatic hydroxyl groups is 1. The summed E-state index contributed by atoms with van der Waals surface area (Å²) in [6.45, 7) is 5.09. The zero-order valence-electron chi connectivity index (χ0n) is 26.4. The van der Waals surface area contributed by atoms with Crippen LogP contribution in [0.15, 0.2) is 48.5 Å². The third-order valence-corrected chi connectivity index (χ3v) is 9.46. The zero-order valence-corrected chi connectivity index (χ0v) is 28.0. The van der Waals surface area contributed by atoms with Crippen LogP contribution in [0.1, 0.15) is 49.3 Å². The number of methoxy groups -OCH3 is 1. The fraction of sp³-hybridized carbons (Fsp3) is 0.400. The van der Waals surface area contributed by atoms with Crippen molar-refractivity contribution in [2.24, 2.45) is 5.14 Å². The molecule has 2 aromatic carbocycles. The minimum absolute atomic E-state index is 0.0386. The molecular weight excluding hydrogens is 684 g/mol. The fourth-order valence-electron chi connectivity index (χ4n) is 4.56. The van der Waals surface area contributed by atoms with Gasteiger partial charge in [0.1, 0.15) is 28.4 Å². The fourth-order valence-corrected chi connectivity index (χ4v) is 5.74. The molecule has 262 valence electrons. The molecule has 4 rings (SSSR count). The summed E-state index contributed by atoms with van der Waals surface area (Å²) in [4.78, 5) is 17.2. The van der Waals surface area contributed by atoms with Gasteiger partial charge >= 0.3 is 6.18 Å². The number of carbonyl (C=O) groups is 1. The molecule has 3 aromatic rings. The number of hydrogen-bond donors (Lipinski definition) is 4. The van der Waals surface area contributed by atoms with Crippen LogP contribution in [0.5, 0.6) is 17.2 Å². The number of halogens is 4. The molecule has 0 spiro atoms. The summed E-state index contributed by atoms with van der Waals surface area (Å²) in [5.74, 6) is -2.79. The lowest BCUT2D eigenvalue weighted by atomic mass is 9.89. The monoisotopic (exact) mass is 718 g/mol. The summed E-state index contributed by atoms with van der Waals surface area (Å²) in [7, 11) is -2.84. The Balaban J connectivity index is 1.76. The van der Waals surface area contributed by atoms with Crippen molar-refractivity contribution in [3.63, 3.8) is 0 Å². The summed E-state index contributed by atoms with van der Waals surface area (Å²) in [6.07, 6.45) is -5.40. The Kier molecular flexibility index (Phi) is 10.3. The summed E-state index contributed by atoms with van der Waals surface area (Å²) in [5, 5.41) is 18.3. The van der Waals surface area contributed by atoms with E-state index in [0.29, 0.717) is 0 Å². The number of alkyl halides is 3. The van der Waals surface area contributed by atoms with Crippen LogP contribution in [0.25, 0.3) is 11.3 Å². The second-order valence-electron chi connectivity index (χ2n) is 12.2. The third kappa shape index (κ3) is 7.95. The topological polar surface area (TPSA) is 185 Å². The molecule has 0 fully saturated rings. The second-order valence-corrected chi connectivity index (χ2v) is 15.7. The van der Waals surface area contributed by atoms with E-state index in [4.69, 9.17) is 19.3 Å². The Bertz CT molecular complexity index is 1790. The number of carbonyl (C=O) groups excluding carboxylic acids is 1. The molecule has 3 unspecified atom stereocenters. The highest BCUT2D eigenvalue weighted by Crippen LogP contribution is 2.47. The van der Waals surface area contributed by atoms with Crippen LogP contribution in [0.4, 0.5) is 17.6 Å². The number of hydrogen-bond acceptors (Lipinski definition) is 10. The van der Waals surface area contributed by atoms with Gasteiger partial charge in [0.05, 0.1) is 19.3 Å². The summed E-state index contributed by atoms with van der Waals surface area (Å²) < 4.78 is 112. The number of nitrogens with two attached hydrogens (primary N) is 1. The van der Waals surface area contributed by atoms with Crippen LogP contribution in [-0.2, 0) is 32.5 Å². The highest BCUT2D eigenvalue weighted by Gasteiger charge is 2.57. The molecule has 0 bridgehead atoms. The number of amides is 1. The number of pyridine rings is 1. The molecule has 5 N–H and O–H groups in total. The molecule has 48 heavy (non-hydrogen) atoms. The lowest BCUT2D eigenvalue weighted by Gasteiger charge is -2.33. The second kappa shape index (κ2) is 13.3. The van der Waals surface area contributed by atoms with Gasteiger partial charge in [0.25, 0.3) is 5.91 Å². The Labute approximate surface area is 277 Å². The van der Waals surface area contributed by atoms with Crippen LogP contribution in [-0.4, -0.2) is 66.1 Å². The van der Waals surface area contributed by atoms with Gasteiger partial charge in [-0.25, -0.2) is 22.9 Å². The van der Waals surface area contributed by atoms with E-state index in [1.807, 2.05) is 0 Å². The maximum absolute atomic E-state index is 14.8. The lowest BCUT2D eigenvalue weighted by Crippen LogP contribution is -2.52. The van der Waals surface area contributed by atoms with Crippen molar-refractivity contribution >= 4 is 27.3 Å². The van der Waals surface area contributed by atoms with Gasteiger partial charge in [0.2, 0.25) is 21.6 Å². The lowest BCUT2D eigenvalue weighted by molar-refractivity contribution is -0.265. The Hall–Kier alpha value is -3.68. The van der Waals surface area contributed by atoms with Gasteiger partial charge in [0, 0.05) is 28.1 Å². The molecule has 0 aliphatic carbocycles. The van der Waals surface area contributed by atoms with E-state index < -0.39 is 73.4 Å². The van der Waals surface area contributed by atoms with Crippen LogP contribution < -0.4 is 29.4 Å². The van der Waals surface area contributed by atoms with Gasteiger partial charge in [-0.2, -0.15) is 13.2 Å². The molecule has 12 nitrogen and oxygen atoms in total. The third-order valence-electron chi connectivity index (χ3n) is 7.27. The quantitative estimate of drug-likeness (QED) is 0.169. The smallest absolute Gasteiger partial charge is 0.424 e. The minimum Gasteiger partial charge on any atom is -0.598 e. The molecular formula is C30H34F4N4O8S2. The van der Waals surface area contributed by atoms with E-state index in [0.717, 1.165) is 36.4 Å². The van der Waals surface area contributed by atoms with Crippen molar-refractivity contribution in [3.05, 3.63) is 71.2 Å². The van der Waals surface area contributed by atoms with Gasteiger partial charge in [-0.15, -0.1) is 4.72 Å². The molecule has 1 aromatic heterocycles. The number of fused-ring (bicyclic) bond motifs is 1. The first-order chi connectivity index (χ1) is 22.1. The van der Waals surface area contributed by atoms with Crippen LogP contribution in [0.2, 0.25) is 0 Å². The first kappa shape index (κ1) is 37.1. The average molecular weight is 719 g/mol. The van der Waals surface area contributed by atoms with Crippen LogP contribution in [0, 0.1) is 5.82 Å². The number of nitrogens with zero attached hydrogens (tertiary/aromatic N) is 1. The van der Waals surface area contributed by atoms with Crippen molar-refractivity contribution in [2.45, 2.75) is 49.8 Å². The van der Waals surface area contributed by atoms with E-state index in [1.54, 1.807) is 27.7 Å². The van der Waals surface area contributed by atoms with Crippen LogP contribution >= 0.6 is 0 Å². The van der Waals surface area contributed by atoms with Gasteiger partial charge in [-0.05, 0) is 76.2 Å². The number of primary sulfonamides is 1. The Morgan fingerprint density at radius 3 is 2.35 bits per heavy atom. The predicted octanol–water partition coefficient (Wildman–Crippen LogP) is 3.36. The molecule has 18 heteroatoms. The Morgan fingerprint density at radius 2 is 1.79 bits per heavy atom. The minimum atomic E-state index is -5.40. The van der Waals surface area contributed by atoms with Crippen molar-refractivity contribution in [1.29, 1.82) is 0 Å². The number of ether oxygens (including phenoxy) is 3. The molecule has 0 saturated carbocycles. The number of rotatable bonds is 11. The van der Waals surface area contributed by atoms with Crippen LogP contribution in [0.3, 0.4) is 0 Å². The Morgan fingerprint density at radius 1 is 1.15 bits per heavy atom. The number of sulfonamides is 1. The first-order valence-electron chi connectivity index (χ1n) is 14.1. The molecule has 0 radical (unpaired) electrons. The highest BCUT2D eigenvalue weighted by molar-refractivity contribution is 7.90. The first-order valence-corrected chi connectivity index (χ1v) is 17.0. The maximum Gasteiger partial charge on any atom is 0.424 e. The van der Waals surface area contributed by atoms with Crippen molar-refractivity contribution < 1.29 is 54.6 Å². The van der Waals surface area contributed by atoms with Crippen molar-refractivity contribution in [1.82, 2.24) is 15.0 Å². The summed E-state index contributed by atoms with van der Waals surface area (Å²) in [5.41, 5.74) is -6.12. The van der Waals surface area contributed by atoms with Gasteiger partial charge in [-0.3, -0.25) is 4.79 Å². The van der Waals surface area contributed by atoms with Crippen molar-refractivity contribution in [3.8, 4) is 28.5 Å². The zero-order chi connectivity index (χ0) is 35.9. The van der Waals surface area contributed by atoms with E-state index in [9.17, 15) is 40.4 Å². The van der Waals surface area contributed by atoms with E-state index in [1.165, 1.54) is 19.2 Å². The molecule has 3 atom stereocenters. The van der Waals surface area contributed by atoms with Crippen molar-refractivity contribution in [2.75, 3.05) is 26.2 Å². The van der Waals surface area contributed by atoms with E-state index in [2.05, 4.69) is 15.0 Å². The maximum atomic E-state index is 14.8. The normalized spacial score (nSPS) is 18.3. The van der Waals surface area contributed by atoms with Gasteiger partial charge in [0.15, 0.2) is 17.2 Å². The molecule has 1 amide bonds. The average Bonchev–Trinajstić information content (AvgIpc) is 3.32. The van der Waals surface area contributed by atoms with E-state index >= 15 is 0 Å². The van der Waals surface area contributed by atoms with Gasteiger partial charge < -0.3 is 29.2 Å². The molecule has 2 heterocycles. The number of aromatic nitrogens is 1.